The normalized spacial score (nSPS) is 15.0. The van der Waals surface area contributed by atoms with Gasteiger partial charge in [-0.25, -0.2) is 4.39 Å². The Labute approximate surface area is 214 Å². The number of aromatic nitrogens is 1. The van der Waals surface area contributed by atoms with Crippen LogP contribution in [0, 0.1) is 5.82 Å². The molecule has 1 aliphatic rings. The van der Waals surface area contributed by atoms with E-state index in [9.17, 15) is 14.0 Å². The number of furan rings is 1. The number of nitrogens with one attached hydrogen (secondary N) is 3. The van der Waals surface area contributed by atoms with E-state index < -0.39 is 11.8 Å². The third-order valence-corrected chi connectivity index (χ3v) is 6.84. The number of carbonyl (C=O) groups excluding carboxylic acids is 2. The Hall–Kier alpha value is -4.11. The molecule has 1 atom stereocenters. The Morgan fingerprint density at radius 3 is 2.49 bits per heavy atom. The van der Waals surface area contributed by atoms with Crippen molar-refractivity contribution in [3.8, 4) is 0 Å². The first-order valence-electron chi connectivity index (χ1n) is 12.5. The van der Waals surface area contributed by atoms with Gasteiger partial charge >= 0.3 is 11.8 Å². The van der Waals surface area contributed by atoms with Crippen LogP contribution < -0.4 is 15.5 Å². The average Bonchev–Trinajstić information content (AvgIpc) is 3.60. The Kier molecular flexibility index (Phi) is 7.51. The number of rotatable bonds is 8. The van der Waals surface area contributed by atoms with Crippen molar-refractivity contribution in [2.75, 3.05) is 44.2 Å². The number of halogens is 1. The number of aromatic amines is 1. The molecule has 1 fully saturated rings. The smallest absolute Gasteiger partial charge is 0.309 e. The summed E-state index contributed by atoms with van der Waals surface area (Å²) >= 11 is 0. The first kappa shape index (κ1) is 24.6. The molecule has 2 amide bonds. The van der Waals surface area contributed by atoms with Crippen molar-refractivity contribution in [3.63, 3.8) is 0 Å². The Bertz CT molecular complexity index is 1340. The van der Waals surface area contributed by atoms with Crippen molar-refractivity contribution in [1.29, 1.82) is 0 Å². The van der Waals surface area contributed by atoms with Crippen molar-refractivity contribution >= 4 is 28.4 Å². The summed E-state index contributed by atoms with van der Waals surface area (Å²) in [5.74, 6) is -0.872. The zero-order valence-electron chi connectivity index (χ0n) is 20.5. The number of piperazine rings is 1. The third-order valence-electron chi connectivity index (χ3n) is 6.84. The first-order valence-corrected chi connectivity index (χ1v) is 12.5. The van der Waals surface area contributed by atoms with Crippen LogP contribution in [0.4, 0.5) is 10.1 Å². The minimum atomic E-state index is -0.680. The van der Waals surface area contributed by atoms with Gasteiger partial charge in [-0.3, -0.25) is 14.5 Å². The monoisotopic (exact) mass is 503 g/mol. The van der Waals surface area contributed by atoms with E-state index in [2.05, 4.69) is 20.5 Å². The molecule has 0 saturated carbocycles. The molecule has 0 unspecified atom stereocenters. The number of hydrogen-bond acceptors (Lipinski definition) is 5. The molecule has 1 saturated heterocycles. The molecule has 192 valence electrons. The van der Waals surface area contributed by atoms with Crippen LogP contribution in [-0.4, -0.2) is 61.0 Å². The van der Waals surface area contributed by atoms with Gasteiger partial charge in [0.05, 0.1) is 18.0 Å². The Balaban J connectivity index is 1.13. The molecule has 3 heterocycles. The van der Waals surface area contributed by atoms with Crippen LogP contribution in [0.1, 0.15) is 17.4 Å². The second-order valence-electron chi connectivity index (χ2n) is 9.08. The second-order valence-corrected chi connectivity index (χ2v) is 9.08. The fraction of sp³-hybridized carbons (Fsp3) is 0.286. The summed E-state index contributed by atoms with van der Waals surface area (Å²) in [4.78, 5) is 32.4. The van der Waals surface area contributed by atoms with Crippen molar-refractivity contribution in [2.24, 2.45) is 0 Å². The van der Waals surface area contributed by atoms with Gasteiger partial charge in [-0.15, -0.1) is 0 Å². The van der Waals surface area contributed by atoms with E-state index in [-0.39, 0.29) is 18.4 Å². The minimum absolute atomic E-state index is 0.224. The maximum atomic E-state index is 14.2. The number of anilines is 1. The van der Waals surface area contributed by atoms with Crippen LogP contribution in [0.5, 0.6) is 0 Å². The number of nitrogens with zero attached hydrogens (tertiary/aromatic N) is 2. The summed E-state index contributed by atoms with van der Waals surface area (Å²) < 4.78 is 19.9. The van der Waals surface area contributed by atoms with Gasteiger partial charge in [-0.05, 0) is 42.3 Å². The summed E-state index contributed by atoms with van der Waals surface area (Å²) in [6.07, 6.45) is 4.14. The second kappa shape index (κ2) is 11.3. The minimum Gasteiger partial charge on any atom is -0.468 e. The molecule has 0 spiro atoms. The van der Waals surface area contributed by atoms with Gasteiger partial charge in [0.1, 0.15) is 11.6 Å². The number of para-hydroxylation sites is 2. The van der Waals surface area contributed by atoms with Crippen molar-refractivity contribution in [3.05, 3.63) is 90.3 Å². The van der Waals surface area contributed by atoms with Gasteiger partial charge in [0.25, 0.3) is 0 Å². The predicted octanol–water partition coefficient (Wildman–Crippen LogP) is 3.24. The lowest BCUT2D eigenvalue weighted by atomic mass is 10.1. The van der Waals surface area contributed by atoms with Crippen LogP contribution in [0.3, 0.4) is 0 Å². The van der Waals surface area contributed by atoms with Crippen LogP contribution in [0.15, 0.2) is 77.5 Å². The molecular weight excluding hydrogens is 473 g/mol. The number of hydrogen-bond donors (Lipinski definition) is 3. The first-order chi connectivity index (χ1) is 18.1. The molecule has 9 heteroatoms. The fourth-order valence-electron chi connectivity index (χ4n) is 4.87. The zero-order valence-corrected chi connectivity index (χ0v) is 20.5. The quantitative estimate of drug-likeness (QED) is 0.321. The SMILES string of the molecule is O=C(NCCc1c[nH]c2ccccc12)C(=O)NC[C@H](c1ccco1)N1CCN(c2ccccc2F)CC1. The van der Waals surface area contributed by atoms with E-state index in [4.69, 9.17) is 4.42 Å². The van der Waals surface area contributed by atoms with E-state index in [0.717, 1.165) is 16.5 Å². The predicted molar refractivity (Wildman–Crippen MR) is 140 cm³/mol. The largest absolute Gasteiger partial charge is 0.468 e. The van der Waals surface area contributed by atoms with Crippen molar-refractivity contribution in [2.45, 2.75) is 12.5 Å². The molecule has 0 radical (unpaired) electrons. The zero-order chi connectivity index (χ0) is 25.6. The van der Waals surface area contributed by atoms with Crippen LogP contribution in [-0.2, 0) is 16.0 Å². The number of amides is 2. The van der Waals surface area contributed by atoms with Gasteiger partial charge in [-0.2, -0.15) is 0 Å². The fourth-order valence-corrected chi connectivity index (χ4v) is 4.87. The lowest BCUT2D eigenvalue weighted by Crippen LogP contribution is -2.51. The van der Waals surface area contributed by atoms with Gasteiger partial charge in [0.2, 0.25) is 0 Å². The van der Waals surface area contributed by atoms with Crippen LogP contribution in [0.25, 0.3) is 10.9 Å². The number of carbonyl (C=O) groups is 2. The maximum Gasteiger partial charge on any atom is 0.309 e. The highest BCUT2D eigenvalue weighted by molar-refractivity contribution is 6.35. The summed E-state index contributed by atoms with van der Waals surface area (Å²) in [5.41, 5.74) is 2.72. The summed E-state index contributed by atoms with van der Waals surface area (Å²) in [6.45, 7) is 3.18. The number of benzene rings is 2. The highest BCUT2D eigenvalue weighted by Gasteiger charge is 2.28. The molecule has 2 aromatic carbocycles. The molecule has 2 aromatic heterocycles. The number of fused-ring (bicyclic) bond motifs is 1. The van der Waals surface area contributed by atoms with E-state index >= 15 is 0 Å². The van der Waals surface area contributed by atoms with Crippen LogP contribution >= 0.6 is 0 Å². The molecule has 8 nitrogen and oxygen atoms in total. The van der Waals surface area contributed by atoms with E-state index in [1.807, 2.05) is 47.5 Å². The summed E-state index contributed by atoms with van der Waals surface area (Å²) in [5, 5.41) is 6.58. The molecular formula is C28H30FN5O3. The molecule has 0 aliphatic carbocycles. The lowest BCUT2D eigenvalue weighted by molar-refractivity contribution is -0.139. The standard InChI is InChI=1S/C28H30FN5O3/c29-22-7-2-4-9-24(22)33-13-15-34(16-14-33)25(26-10-5-17-37-26)19-32-28(36)27(35)30-12-11-20-18-31-23-8-3-1-6-21(20)23/h1-10,17-18,25,31H,11-16,19H2,(H,30,35)(H,32,36)/t25-/m1/s1. The lowest BCUT2D eigenvalue weighted by Gasteiger charge is -2.39. The molecule has 0 bridgehead atoms. The topological polar surface area (TPSA) is 93.6 Å². The third kappa shape index (κ3) is 5.67. The highest BCUT2D eigenvalue weighted by Crippen LogP contribution is 2.25. The number of H-pyrrole nitrogens is 1. The molecule has 1 aliphatic heterocycles. The van der Waals surface area contributed by atoms with Gasteiger partial charge in [-0.1, -0.05) is 30.3 Å². The summed E-state index contributed by atoms with van der Waals surface area (Å²) in [6, 6.07) is 18.2. The maximum absolute atomic E-state index is 14.2. The molecule has 5 rings (SSSR count). The highest BCUT2D eigenvalue weighted by atomic mass is 19.1. The average molecular weight is 504 g/mol. The molecule has 3 N–H and O–H groups in total. The summed E-state index contributed by atoms with van der Waals surface area (Å²) in [7, 11) is 0. The van der Waals surface area contributed by atoms with Crippen molar-refractivity contribution in [1.82, 2.24) is 20.5 Å². The Morgan fingerprint density at radius 1 is 0.946 bits per heavy atom. The van der Waals surface area contributed by atoms with Gasteiger partial charge < -0.3 is 24.9 Å². The Morgan fingerprint density at radius 2 is 1.70 bits per heavy atom. The van der Waals surface area contributed by atoms with Crippen LogP contribution in [0.2, 0.25) is 0 Å². The van der Waals surface area contributed by atoms with Crippen molar-refractivity contribution < 1.29 is 18.4 Å². The van der Waals surface area contributed by atoms with Gasteiger partial charge in [0.15, 0.2) is 0 Å². The molecule has 37 heavy (non-hydrogen) atoms. The van der Waals surface area contributed by atoms with Gasteiger partial charge in [0, 0.05) is 56.4 Å². The van der Waals surface area contributed by atoms with E-state index in [1.165, 1.54) is 6.07 Å². The van der Waals surface area contributed by atoms with E-state index in [1.54, 1.807) is 24.5 Å². The molecule has 4 aromatic rings. The van der Waals surface area contributed by atoms with E-state index in [0.29, 0.717) is 50.6 Å².